The third-order valence-electron chi connectivity index (χ3n) is 4.87. The number of aromatic nitrogens is 2. The lowest BCUT2D eigenvalue weighted by atomic mass is 10.0. The summed E-state index contributed by atoms with van der Waals surface area (Å²) in [7, 11) is 0. The summed E-state index contributed by atoms with van der Waals surface area (Å²) in [4.78, 5) is 16.6. The van der Waals surface area contributed by atoms with Crippen molar-refractivity contribution in [3.8, 4) is 34.0 Å². The fourth-order valence-electron chi connectivity index (χ4n) is 3.37. The van der Waals surface area contributed by atoms with Gasteiger partial charge in [-0.25, -0.2) is 4.98 Å². The van der Waals surface area contributed by atoms with E-state index in [-0.39, 0.29) is 0 Å². The fourth-order valence-corrected chi connectivity index (χ4v) is 3.37. The molecule has 1 heterocycles. The van der Waals surface area contributed by atoms with E-state index < -0.39 is 11.9 Å². The van der Waals surface area contributed by atoms with Crippen LogP contribution in [0.2, 0.25) is 0 Å². The molecule has 0 fully saturated rings. The van der Waals surface area contributed by atoms with Crippen molar-refractivity contribution in [1.82, 2.24) is 9.55 Å². The van der Waals surface area contributed by atoms with Gasteiger partial charge in [0.15, 0.2) is 0 Å². The van der Waals surface area contributed by atoms with E-state index in [0.717, 1.165) is 33.8 Å². The molecule has 0 saturated carbocycles. The first kappa shape index (κ1) is 20.5. The van der Waals surface area contributed by atoms with Crippen molar-refractivity contribution in [2.24, 2.45) is 5.73 Å². The molecule has 0 aliphatic carbocycles. The van der Waals surface area contributed by atoms with Gasteiger partial charge >= 0.3 is 0 Å². The van der Waals surface area contributed by atoms with Crippen LogP contribution in [0.3, 0.4) is 0 Å². The van der Waals surface area contributed by atoms with Crippen LogP contribution < -0.4 is 15.2 Å². The maximum Gasteiger partial charge on any atom is 0.240 e. The molecule has 0 spiro atoms. The molecule has 1 aromatic heterocycles. The van der Waals surface area contributed by atoms with E-state index in [0.29, 0.717) is 19.0 Å². The SMILES string of the molecule is CCOc1ccc(-c2c(-c3ccccc3)ncn2[C@H](C)C(N)=O)c(OCC)c1C. The second-order valence-corrected chi connectivity index (χ2v) is 6.72. The van der Waals surface area contributed by atoms with Gasteiger partial charge in [-0.1, -0.05) is 30.3 Å². The van der Waals surface area contributed by atoms with E-state index in [1.165, 1.54) is 0 Å². The second-order valence-electron chi connectivity index (χ2n) is 6.72. The number of rotatable bonds is 8. The first-order chi connectivity index (χ1) is 14.0. The minimum atomic E-state index is -0.559. The zero-order valence-corrected chi connectivity index (χ0v) is 17.3. The van der Waals surface area contributed by atoms with E-state index >= 15 is 0 Å². The number of nitrogens with two attached hydrogens (primary N) is 1. The van der Waals surface area contributed by atoms with E-state index in [4.69, 9.17) is 15.2 Å². The number of imidazole rings is 1. The second kappa shape index (κ2) is 8.82. The topological polar surface area (TPSA) is 79.4 Å². The van der Waals surface area contributed by atoms with Crippen molar-refractivity contribution in [2.45, 2.75) is 33.7 Å². The molecule has 152 valence electrons. The lowest BCUT2D eigenvalue weighted by molar-refractivity contribution is -0.120. The third kappa shape index (κ3) is 3.97. The van der Waals surface area contributed by atoms with Crippen LogP contribution in [-0.2, 0) is 4.79 Å². The zero-order valence-electron chi connectivity index (χ0n) is 17.3. The van der Waals surface area contributed by atoms with Crippen LogP contribution >= 0.6 is 0 Å². The average molecular weight is 393 g/mol. The van der Waals surface area contributed by atoms with Gasteiger partial charge in [0.05, 0.1) is 30.9 Å². The Morgan fingerprint density at radius 2 is 1.79 bits per heavy atom. The summed E-state index contributed by atoms with van der Waals surface area (Å²) in [6.45, 7) is 8.70. The highest BCUT2D eigenvalue weighted by Gasteiger charge is 2.25. The summed E-state index contributed by atoms with van der Waals surface area (Å²) in [5.74, 6) is 1.06. The number of hydrogen-bond donors (Lipinski definition) is 1. The summed E-state index contributed by atoms with van der Waals surface area (Å²) in [6, 6.07) is 13.2. The Bertz CT molecular complexity index is 996. The van der Waals surface area contributed by atoms with Crippen LogP contribution in [0.1, 0.15) is 32.4 Å². The van der Waals surface area contributed by atoms with Gasteiger partial charge in [-0.2, -0.15) is 0 Å². The van der Waals surface area contributed by atoms with Gasteiger partial charge in [0, 0.05) is 16.7 Å². The lowest BCUT2D eigenvalue weighted by Crippen LogP contribution is -2.24. The monoisotopic (exact) mass is 393 g/mol. The highest BCUT2D eigenvalue weighted by Crippen LogP contribution is 2.42. The first-order valence-electron chi connectivity index (χ1n) is 9.80. The summed E-state index contributed by atoms with van der Waals surface area (Å²) in [6.07, 6.45) is 1.66. The standard InChI is InChI=1S/C23H27N3O3/c1-5-28-19-13-12-18(22(15(19)3)29-6-2)21-20(17-10-8-7-9-11-17)25-14-26(21)16(4)23(24)27/h7-14,16H,5-6H2,1-4H3,(H2,24,27)/t16-/m1/s1. The molecular formula is C23H27N3O3. The Hall–Kier alpha value is -3.28. The molecule has 0 radical (unpaired) electrons. The molecular weight excluding hydrogens is 366 g/mol. The van der Waals surface area contributed by atoms with Crippen LogP contribution in [-0.4, -0.2) is 28.7 Å². The quantitative estimate of drug-likeness (QED) is 0.616. The number of primary amides is 1. The van der Waals surface area contributed by atoms with Crippen molar-refractivity contribution in [2.75, 3.05) is 13.2 Å². The predicted octanol–water partition coefficient (Wildman–Crippen LogP) is 4.37. The fraction of sp³-hybridized carbons (Fsp3) is 0.304. The predicted molar refractivity (Wildman–Crippen MR) is 114 cm³/mol. The maximum atomic E-state index is 12.0. The molecule has 0 saturated heterocycles. The van der Waals surface area contributed by atoms with Crippen molar-refractivity contribution >= 4 is 5.91 Å². The van der Waals surface area contributed by atoms with E-state index in [2.05, 4.69) is 4.98 Å². The molecule has 0 bridgehead atoms. The molecule has 6 nitrogen and oxygen atoms in total. The molecule has 2 N–H and O–H groups in total. The number of hydrogen-bond acceptors (Lipinski definition) is 4. The summed E-state index contributed by atoms with van der Waals surface area (Å²) < 4.78 is 13.6. The summed E-state index contributed by atoms with van der Waals surface area (Å²) in [5, 5.41) is 0. The molecule has 1 atom stereocenters. The number of benzene rings is 2. The van der Waals surface area contributed by atoms with E-state index in [9.17, 15) is 4.79 Å². The van der Waals surface area contributed by atoms with Crippen molar-refractivity contribution in [3.63, 3.8) is 0 Å². The Morgan fingerprint density at radius 1 is 1.10 bits per heavy atom. The lowest BCUT2D eigenvalue weighted by Gasteiger charge is -2.20. The van der Waals surface area contributed by atoms with Gasteiger partial charge in [0.1, 0.15) is 17.5 Å². The van der Waals surface area contributed by atoms with Crippen LogP contribution in [0.25, 0.3) is 22.5 Å². The summed E-state index contributed by atoms with van der Waals surface area (Å²) >= 11 is 0. The molecule has 3 aromatic rings. The minimum Gasteiger partial charge on any atom is -0.493 e. The van der Waals surface area contributed by atoms with Gasteiger partial charge in [0.25, 0.3) is 0 Å². The van der Waals surface area contributed by atoms with Crippen LogP contribution in [0.4, 0.5) is 0 Å². The Morgan fingerprint density at radius 3 is 2.41 bits per heavy atom. The number of carbonyl (C=O) groups excluding carboxylic acids is 1. The van der Waals surface area contributed by atoms with Gasteiger partial charge in [-0.15, -0.1) is 0 Å². The molecule has 2 aromatic carbocycles. The van der Waals surface area contributed by atoms with Crippen molar-refractivity contribution in [3.05, 3.63) is 54.4 Å². The molecule has 6 heteroatoms. The highest BCUT2D eigenvalue weighted by atomic mass is 16.5. The number of amides is 1. The maximum absolute atomic E-state index is 12.0. The average Bonchev–Trinajstić information content (AvgIpc) is 3.16. The Labute approximate surface area is 171 Å². The third-order valence-corrected chi connectivity index (χ3v) is 4.87. The number of carbonyl (C=O) groups is 1. The molecule has 0 aliphatic rings. The van der Waals surface area contributed by atoms with Crippen LogP contribution in [0, 0.1) is 6.92 Å². The molecule has 1 amide bonds. The zero-order chi connectivity index (χ0) is 21.0. The summed E-state index contributed by atoms with van der Waals surface area (Å²) in [5.41, 5.74) is 9.87. The first-order valence-corrected chi connectivity index (χ1v) is 9.80. The normalized spacial score (nSPS) is 11.9. The molecule has 0 unspecified atom stereocenters. The molecule has 29 heavy (non-hydrogen) atoms. The van der Waals surface area contributed by atoms with Gasteiger partial charge < -0.3 is 19.8 Å². The number of ether oxygens (including phenoxy) is 2. The number of nitrogens with zero attached hydrogens (tertiary/aromatic N) is 2. The van der Waals surface area contributed by atoms with Crippen molar-refractivity contribution < 1.29 is 14.3 Å². The van der Waals surface area contributed by atoms with Gasteiger partial charge in [-0.05, 0) is 39.8 Å². The van der Waals surface area contributed by atoms with E-state index in [1.54, 1.807) is 13.3 Å². The van der Waals surface area contributed by atoms with Gasteiger partial charge in [0.2, 0.25) is 5.91 Å². The largest absolute Gasteiger partial charge is 0.493 e. The van der Waals surface area contributed by atoms with E-state index in [1.807, 2.05) is 67.8 Å². The van der Waals surface area contributed by atoms with Crippen LogP contribution in [0.15, 0.2) is 48.8 Å². The van der Waals surface area contributed by atoms with Crippen molar-refractivity contribution in [1.29, 1.82) is 0 Å². The Balaban J connectivity index is 2.30. The minimum absolute atomic E-state index is 0.427. The highest BCUT2D eigenvalue weighted by molar-refractivity contribution is 5.86. The smallest absolute Gasteiger partial charge is 0.240 e. The molecule has 3 rings (SSSR count). The van der Waals surface area contributed by atoms with Gasteiger partial charge in [-0.3, -0.25) is 4.79 Å². The van der Waals surface area contributed by atoms with Crippen LogP contribution in [0.5, 0.6) is 11.5 Å². The molecule has 0 aliphatic heterocycles. The Kier molecular flexibility index (Phi) is 6.22.